The maximum Gasteiger partial charge on any atom is 0.298 e. The molecule has 0 radical (unpaired) electrons. The number of rotatable bonds is 9. The van der Waals surface area contributed by atoms with Gasteiger partial charge in [-0.25, -0.2) is 0 Å². The minimum absolute atomic E-state index is 0.128. The van der Waals surface area contributed by atoms with Gasteiger partial charge < -0.3 is 25.0 Å². The lowest BCUT2D eigenvalue weighted by molar-refractivity contribution is -0.705. The number of aromatic nitrogens is 2. The van der Waals surface area contributed by atoms with Gasteiger partial charge in [-0.3, -0.25) is 9.59 Å². The van der Waals surface area contributed by atoms with Crippen molar-refractivity contribution in [3.8, 4) is 23.5 Å². The van der Waals surface area contributed by atoms with Crippen LogP contribution in [0.5, 0.6) is 11.7 Å². The van der Waals surface area contributed by atoms with E-state index >= 15 is 0 Å². The topological polar surface area (TPSA) is 144 Å². The molecule has 0 bridgehead atoms. The Kier molecular flexibility index (Phi) is 8.30. The molecule has 0 aliphatic heterocycles. The van der Waals surface area contributed by atoms with Gasteiger partial charge in [-0.15, -0.1) is 11.3 Å². The number of carbonyl (C=O) groups is 2. The van der Waals surface area contributed by atoms with E-state index < -0.39 is 17.1 Å². The fourth-order valence-corrected chi connectivity index (χ4v) is 5.57. The van der Waals surface area contributed by atoms with Crippen LogP contribution in [0.1, 0.15) is 34.1 Å². The summed E-state index contributed by atoms with van der Waals surface area (Å²) in [5, 5.41) is 31.2. The number of nitrogens with zero attached hydrogens (tertiary/aromatic N) is 3. The second-order valence-electron chi connectivity index (χ2n) is 7.97. The van der Waals surface area contributed by atoms with Crippen molar-refractivity contribution in [3.63, 3.8) is 0 Å². The van der Waals surface area contributed by atoms with Crippen LogP contribution in [-0.4, -0.2) is 29.4 Å². The molecule has 4 rings (SSSR count). The number of hydrogen-bond donors (Lipinski definition) is 2. The monoisotopic (exact) mass is 549 g/mol. The Labute approximate surface area is 226 Å². The number of benzene rings is 2. The number of carbonyl (C=O) groups excluding carboxylic acids is 2. The lowest BCUT2D eigenvalue weighted by Crippen LogP contribution is -2.36. The first-order valence-corrected chi connectivity index (χ1v) is 13.2. The van der Waals surface area contributed by atoms with Gasteiger partial charge in [0.1, 0.15) is 16.8 Å². The molecule has 0 fully saturated rings. The molecular formula is C26H23N5O5S2. The van der Waals surface area contributed by atoms with E-state index in [1.54, 1.807) is 69.5 Å². The van der Waals surface area contributed by atoms with Crippen molar-refractivity contribution in [2.75, 3.05) is 17.7 Å². The molecule has 10 nitrogen and oxygen atoms in total. The predicted molar refractivity (Wildman–Crippen MR) is 141 cm³/mol. The van der Waals surface area contributed by atoms with E-state index in [4.69, 9.17) is 9.26 Å². The summed E-state index contributed by atoms with van der Waals surface area (Å²) in [7, 11) is 1.55. The molecule has 2 N–H and O–H groups in total. The quantitative estimate of drug-likeness (QED) is 0.235. The smallest absolute Gasteiger partial charge is 0.298 e. The average molecular weight is 550 g/mol. The first-order valence-electron chi connectivity index (χ1n) is 11.5. The first kappa shape index (κ1) is 26.7. The molecule has 2 heterocycles. The van der Waals surface area contributed by atoms with E-state index in [1.807, 2.05) is 6.07 Å². The molecule has 0 spiro atoms. The summed E-state index contributed by atoms with van der Waals surface area (Å²) in [5.41, 5.74) is 1.86. The SMILES string of the molecule is CCC(Sc1c([O-])on[n+]1-c1ccc(OC)cc1)C(=O)Nc1sc(C(=O)Nc2ccccc2)c(C)c1C#N. The van der Waals surface area contributed by atoms with Gasteiger partial charge in [0.25, 0.3) is 10.9 Å². The third kappa shape index (κ3) is 5.64. The second-order valence-corrected chi connectivity index (χ2v) is 10.2. The number of nitrogens with one attached hydrogen (secondary N) is 2. The molecule has 0 saturated carbocycles. The number of anilines is 2. The van der Waals surface area contributed by atoms with Crippen LogP contribution in [0.15, 0.2) is 64.1 Å². The van der Waals surface area contributed by atoms with Gasteiger partial charge in [0, 0.05) is 17.8 Å². The number of amides is 2. The van der Waals surface area contributed by atoms with Crippen LogP contribution in [0.25, 0.3) is 5.69 Å². The van der Waals surface area contributed by atoms with E-state index in [9.17, 15) is 20.0 Å². The Balaban J connectivity index is 1.54. The third-order valence-electron chi connectivity index (χ3n) is 5.54. The van der Waals surface area contributed by atoms with Crippen molar-refractivity contribution < 1.29 is 28.6 Å². The normalized spacial score (nSPS) is 11.4. The zero-order chi connectivity index (χ0) is 27.2. The number of methoxy groups -OCH3 is 1. The summed E-state index contributed by atoms with van der Waals surface area (Å²) in [4.78, 5) is 26.4. The molecule has 38 heavy (non-hydrogen) atoms. The van der Waals surface area contributed by atoms with Crippen LogP contribution in [0.4, 0.5) is 10.7 Å². The van der Waals surface area contributed by atoms with Crippen LogP contribution in [0.3, 0.4) is 0 Å². The largest absolute Gasteiger partial charge is 0.538 e. The summed E-state index contributed by atoms with van der Waals surface area (Å²) < 4.78 is 11.4. The molecule has 4 aromatic rings. The fraction of sp³-hybridized carbons (Fsp3) is 0.192. The highest BCUT2D eigenvalue weighted by Crippen LogP contribution is 2.35. The van der Waals surface area contributed by atoms with E-state index in [1.165, 1.54) is 4.68 Å². The predicted octanol–water partition coefficient (Wildman–Crippen LogP) is 4.04. The fourth-order valence-electron chi connectivity index (χ4n) is 3.54. The van der Waals surface area contributed by atoms with Crippen LogP contribution in [0.2, 0.25) is 0 Å². The summed E-state index contributed by atoms with van der Waals surface area (Å²) in [5.74, 6) is -0.844. The zero-order valence-electron chi connectivity index (χ0n) is 20.7. The maximum absolute atomic E-state index is 13.2. The van der Waals surface area contributed by atoms with Crippen LogP contribution >= 0.6 is 23.1 Å². The molecule has 2 aromatic heterocycles. The number of thioether (sulfide) groups is 1. The van der Waals surface area contributed by atoms with E-state index in [-0.39, 0.29) is 21.5 Å². The number of ether oxygens (including phenoxy) is 1. The molecule has 0 aliphatic rings. The Bertz CT molecular complexity index is 1490. The van der Waals surface area contributed by atoms with Crippen LogP contribution < -0.4 is 25.2 Å². The molecule has 1 unspecified atom stereocenters. The molecule has 12 heteroatoms. The minimum atomic E-state index is -0.706. The van der Waals surface area contributed by atoms with Crippen molar-refractivity contribution >= 4 is 45.6 Å². The van der Waals surface area contributed by atoms with Gasteiger partial charge >= 0.3 is 0 Å². The Morgan fingerprint density at radius 3 is 2.55 bits per heavy atom. The Morgan fingerprint density at radius 2 is 1.92 bits per heavy atom. The summed E-state index contributed by atoms with van der Waals surface area (Å²) in [6.07, 6.45) is 0.372. The first-order chi connectivity index (χ1) is 18.4. The van der Waals surface area contributed by atoms with Gasteiger partial charge in [-0.05, 0) is 59.6 Å². The number of nitriles is 1. The highest BCUT2D eigenvalue weighted by atomic mass is 32.2. The summed E-state index contributed by atoms with van der Waals surface area (Å²) >= 11 is 2.03. The van der Waals surface area contributed by atoms with E-state index in [2.05, 4.69) is 22.0 Å². The molecule has 2 aromatic carbocycles. The average Bonchev–Trinajstić information content (AvgIpc) is 3.45. The van der Waals surface area contributed by atoms with Crippen molar-refractivity contribution in [3.05, 3.63) is 70.6 Å². The summed E-state index contributed by atoms with van der Waals surface area (Å²) in [6.45, 7) is 3.46. The third-order valence-corrected chi connectivity index (χ3v) is 8.14. The van der Waals surface area contributed by atoms with E-state index in [0.29, 0.717) is 34.0 Å². The van der Waals surface area contributed by atoms with Gasteiger partial charge in [-0.2, -0.15) is 5.26 Å². The number of hydrogen-bond acceptors (Lipinski definition) is 9. The van der Waals surface area contributed by atoms with Crippen molar-refractivity contribution in [1.29, 1.82) is 5.26 Å². The molecule has 0 aliphatic carbocycles. The van der Waals surface area contributed by atoms with Crippen molar-refractivity contribution in [2.45, 2.75) is 30.5 Å². The van der Waals surface area contributed by atoms with Crippen molar-refractivity contribution in [2.24, 2.45) is 0 Å². The van der Waals surface area contributed by atoms with E-state index in [0.717, 1.165) is 23.1 Å². The Morgan fingerprint density at radius 1 is 1.21 bits per heavy atom. The molecular weight excluding hydrogens is 526 g/mol. The molecule has 1 atom stereocenters. The van der Waals surface area contributed by atoms with Crippen molar-refractivity contribution in [1.82, 2.24) is 5.27 Å². The number of thiophene rings is 1. The molecule has 0 saturated heterocycles. The minimum Gasteiger partial charge on any atom is -0.538 e. The maximum atomic E-state index is 13.2. The van der Waals surface area contributed by atoms with Gasteiger partial charge in [0.15, 0.2) is 5.95 Å². The van der Waals surface area contributed by atoms with Crippen LogP contribution in [0, 0.1) is 18.3 Å². The second kappa shape index (κ2) is 11.8. The highest BCUT2D eigenvalue weighted by molar-refractivity contribution is 8.00. The van der Waals surface area contributed by atoms with Gasteiger partial charge in [0.2, 0.25) is 11.6 Å². The standard InChI is InChI=1S/C26H23N5O5S2/c1-4-20(37-25-26(34)36-30-31(25)17-10-12-18(35-3)13-11-17)22(32)29-24-19(14-27)15(2)21(38-24)23(33)28-16-8-6-5-7-9-16/h5-13,20H,4H2,1-3H3,(H2-,28,29,30,32,33,34). The molecule has 194 valence electrons. The lowest BCUT2D eigenvalue weighted by Gasteiger charge is -2.12. The highest BCUT2D eigenvalue weighted by Gasteiger charge is 2.30. The Hall–Kier alpha value is -4.34. The van der Waals surface area contributed by atoms with Crippen LogP contribution in [-0.2, 0) is 4.79 Å². The summed E-state index contributed by atoms with van der Waals surface area (Å²) in [6, 6.07) is 17.9. The number of para-hydroxylation sites is 1. The van der Waals surface area contributed by atoms with Gasteiger partial charge in [0.05, 0.1) is 28.1 Å². The van der Waals surface area contributed by atoms with Gasteiger partial charge in [-0.1, -0.05) is 25.1 Å². The molecule has 2 amide bonds. The zero-order valence-corrected chi connectivity index (χ0v) is 22.3. The lowest BCUT2D eigenvalue weighted by atomic mass is 10.1.